The van der Waals surface area contributed by atoms with Crippen LogP contribution in [0.15, 0.2) is 42.5 Å². The van der Waals surface area contributed by atoms with Crippen LogP contribution in [-0.4, -0.2) is 56.1 Å². The molecule has 0 aromatic heterocycles. The minimum Gasteiger partial charge on any atom is -0.486 e. The molecule has 2 amide bonds. The molecule has 1 fully saturated rings. The number of amides is 2. The molecule has 2 aliphatic heterocycles. The highest BCUT2D eigenvalue weighted by Gasteiger charge is 2.23. The van der Waals surface area contributed by atoms with E-state index in [0.29, 0.717) is 56.6 Å². The van der Waals surface area contributed by atoms with Crippen molar-refractivity contribution in [2.24, 2.45) is 0 Å². The van der Waals surface area contributed by atoms with Gasteiger partial charge in [0.05, 0.1) is 0 Å². The van der Waals surface area contributed by atoms with E-state index in [0.717, 1.165) is 5.69 Å². The normalized spacial score (nSPS) is 15.8. The Morgan fingerprint density at radius 1 is 0.931 bits per heavy atom. The Kier molecular flexibility index (Phi) is 5.50. The quantitative estimate of drug-likeness (QED) is 0.799. The van der Waals surface area contributed by atoms with Gasteiger partial charge in [0, 0.05) is 43.6 Å². The SMILES string of the molecule is O=C(CC(=O)N1CCN(c2ccc(F)cc2)CC1)Nc1ccc2c(c1)OCCO2. The largest absolute Gasteiger partial charge is 0.486 e. The highest BCUT2D eigenvalue weighted by atomic mass is 19.1. The number of hydrogen-bond donors (Lipinski definition) is 1. The number of carbonyl (C=O) groups is 2. The van der Waals surface area contributed by atoms with E-state index in [1.54, 1.807) is 35.2 Å². The van der Waals surface area contributed by atoms with Crippen LogP contribution in [0.2, 0.25) is 0 Å². The monoisotopic (exact) mass is 399 g/mol. The predicted octanol–water partition coefficient (Wildman–Crippen LogP) is 2.27. The number of nitrogens with zero attached hydrogens (tertiary/aromatic N) is 2. The summed E-state index contributed by atoms with van der Waals surface area (Å²) in [6.45, 7) is 3.29. The van der Waals surface area contributed by atoms with Crippen LogP contribution in [0.5, 0.6) is 11.5 Å². The molecule has 0 unspecified atom stereocenters. The highest BCUT2D eigenvalue weighted by Crippen LogP contribution is 2.32. The molecule has 2 aromatic rings. The molecule has 29 heavy (non-hydrogen) atoms. The van der Waals surface area contributed by atoms with Gasteiger partial charge in [-0.05, 0) is 36.4 Å². The van der Waals surface area contributed by atoms with Crippen molar-refractivity contribution in [1.29, 1.82) is 0 Å². The van der Waals surface area contributed by atoms with E-state index in [1.165, 1.54) is 12.1 Å². The molecule has 2 aromatic carbocycles. The van der Waals surface area contributed by atoms with E-state index in [-0.39, 0.29) is 24.1 Å². The second-order valence-electron chi connectivity index (χ2n) is 6.93. The van der Waals surface area contributed by atoms with Crippen LogP contribution in [0, 0.1) is 5.82 Å². The van der Waals surface area contributed by atoms with Crippen molar-refractivity contribution in [3.8, 4) is 11.5 Å². The first-order valence-electron chi connectivity index (χ1n) is 9.56. The summed E-state index contributed by atoms with van der Waals surface area (Å²) in [4.78, 5) is 28.5. The molecule has 0 saturated carbocycles. The van der Waals surface area contributed by atoms with Crippen molar-refractivity contribution in [2.45, 2.75) is 6.42 Å². The molecule has 1 N–H and O–H groups in total. The number of piperazine rings is 1. The van der Waals surface area contributed by atoms with E-state index in [4.69, 9.17) is 9.47 Å². The molecule has 2 heterocycles. The Hall–Kier alpha value is -3.29. The first kappa shape index (κ1) is 19.0. The summed E-state index contributed by atoms with van der Waals surface area (Å²) >= 11 is 0. The van der Waals surface area contributed by atoms with Gasteiger partial charge in [0.2, 0.25) is 11.8 Å². The molecule has 0 bridgehead atoms. The summed E-state index contributed by atoms with van der Waals surface area (Å²) in [5.41, 5.74) is 1.49. The lowest BCUT2D eigenvalue weighted by Crippen LogP contribution is -2.49. The first-order chi connectivity index (χ1) is 14.1. The van der Waals surface area contributed by atoms with Gasteiger partial charge in [-0.1, -0.05) is 0 Å². The van der Waals surface area contributed by atoms with Gasteiger partial charge in [-0.25, -0.2) is 4.39 Å². The summed E-state index contributed by atoms with van der Waals surface area (Å²) in [6, 6.07) is 11.5. The molecular formula is C21H22FN3O4. The molecule has 4 rings (SSSR count). The van der Waals surface area contributed by atoms with E-state index in [9.17, 15) is 14.0 Å². The van der Waals surface area contributed by atoms with Crippen LogP contribution in [0.25, 0.3) is 0 Å². The van der Waals surface area contributed by atoms with Crippen molar-refractivity contribution < 1.29 is 23.5 Å². The summed E-state index contributed by atoms with van der Waals surface area (Å²) in [5.74, 6) is 0.375. The van der Waals surface area contributed by atoms with Gasteiger partial charge in [-0.15, -0.1) is 0 Å². The maximum Gasteiger partial charge on any atom is 0.233 e. The number of halogens is 1. The van der Waals surface area contributed by atoms with Crippen LogP contribution in [0.4, 0.5) is 15.8 Å². The molecule has 0 aliphatic carbocycles. The van der Waals surface area contributed by atoms with Gasteiger partial charge in [-0.3, -0.25) is 9.59 Å². The number of anilines is 2. The number of nitrogens with one attached hydrogen (secondary N) is 1. The zero-order valence-electron chi connectivity index (χ0n) is 15.9. The summed E-state index contributed by atoms with van der Waals surface area (Å²) < 4.78 is 24.0. The van der Waals surface area contributed by atoms with Crippen LogP contribution in [0.1, 0.15) is 6.42 Å². The zero-order chi connectivity index (χ0) is 20.2. The van der Waals surface area contributed by atoms with Gasteiger partial charge < -0.3 is 24.6 Å². The van der Waals surface area contributed by atoms with Crippen LogP contribution < -0.4 is 19.7 Å². The van der Waals surface area contributed by atoms with Crippen LogP contribution in [-0.2, 0) is 9.59 Å². The highest BCUT2D eigenvalue weighted by molar-refractivity contribution is 6.03. The van der Waals surface area contributed by atoms with E-state index in [2.05, 4.69) is 10.2 Å². The maximum absolute atomic E-state index is 13.1. The number of carbonyl (C=O) groups excluding carboxylic acids is 2. The second kappa shape index (κ2) is 8.38. The predicted molar refractivity (Wildman–Crippen MR) is 106 cm³/mol. The average molecular weight is 399 g/mol. The second-order valence-corrected chi connectivity index (χ2v) is 6.93. The van der Waals surface area contributed by atoms with Gasteiger partial charge in [0.1, 0.15) is 25.5 Å². The fourth-order valence-corrected chi connectivity index (χ4v) is 3.44. The van der Waals surface area contributed by atoms with E-state index in [1.807, 2.05) is 0 Å². The molecule has 0 atom stereocenters. The van der Waals surface area contributed by atoms with Crippen LogP contribution in [0.3, 0.4) is 0 Å². The fourth-order valence-electron chi connectivity index (χ4n) is 3.44. The fraction of sp³-hybridized carbons (Fsp3) is 0.333. The minimum atomic E-state index is -0.368. The molecule has 152 valence electrons. The Morgan fingerprint density at radius 2 is 1.62 bits per heavy atom. The number of fused-ring (bicyclic) bond motifs is 1. The van der Waals surface area contributed by atoms with Crippen LogP contribution >= 0.6 is 0 Å². The van der Waals surface area contributed by atoms with Crippen molar-refractivity contribution >= 4 is 23.2 Å². The summed E-state index contributed by atoms with van der Waals surface area (Å²) in [7, 11) is 0. The third-order valence-corrected chi connectivity index (χ3v) is 4.96. The Labute approximate surface area is 168 Å². The summed E-state index contributed by atoms with van der Waals surface area (Å²) in [5, 5.41) is 2.73. The third-order valence-electron chi connectivity index (χ3n) is 4.96. The zero-order valence-corrected chi connectivity index (χ0v) is 15.9. The Balaban J connectivity index is 1.27. The Morgan fingerprint density at radius 3 is 2.34 bits per heavy atom. The van der Waals surface area contributed by atoms with Gasteiger partial charge in [0.25, 0.3) is 0 Å². The molecule has 8 heteroatoms. The molecule has 7 nitrogen and oxygen atoms in total. The van der Waals surface area contributed by atoms with Gasteiger partial charge in [-0.2, -0.15) is 0 Å². The van der Waals surface area contributed by atoms with E-state index < -0.39 is 0 Å². The van der Waals surface area contributed by atoms with Crippen molar-refractivity contribution in [1.82, 2.24) is 4.90 Å². The number of benzene rings is 2. The molecule has 1 saturated heterocycles. The third kappa shape index (κ3) is 4.59. The molecule has 2 aliphatic rings. The number of hydrogen-bond acceptors (Lipinski definition) is 5. The summed E-state index contributed by atoms with van der Waals surface area (Å²) in [6.07, 6.45) is -0.217. The van der Waals surface area contributed by atoms with Gasteiger partial charge in [0.15, 0.2) is 11.5 Å². The van der Waals surface area contributed by atoms with Crippen molar-refractivity contribution in [3.05, 3.63) is 48.3 Å². The smallest absolute Gasteiger partial charge is 0.233 e. The Bertz CT molecular complexity index is 895. The first-order valence-corrected chi connectivity index (χ1v) is 9.56. The van der Waals surface area contributed by atoms with E-state index >= 15 is 0 Å². The number of ether oxygens (including phenoxy) is 2. The maximum atomic E-state index is 13.1. The van der Waals surface area contributed by atoms with Crippen molar-refractivity contribution in [2.75, 3.05) is 49.6 Å². The topological polar surface area (TPSA) is 71.1 Å². The molecular weight excluding hydrogens is 377 g/mol. The molecule has 0 radical (unpaired) electrons. The standard InChI is InChI=1S/C21H22FN3O4/c22-15-1-4-17(5-2-15)24-7-9-25(10-8-24)21(27)14-20(26)23-16-3-6-18-19(13-16)29-12-11-28-18/h1-6,13H,7-12,14H2,(H,23,26). The van der Waals surface area contributed by atoms with Crippen molar-refractivity contribution in [3.63, 3.8) is 0 Å². The minimum absolute atomic E-state index is 0.209. The average Bonchev–Trinajstić information content (AvgIpc) is 2.74. The molecule has 0 spiro atoms. The van der Waals surface area contributed by atoms with Gasteiger partial charge >= 0.3 is 0 Å². The number of rotatable bonds is 4. The lowest BCUT2D eigenvalue weighted by atomic mass is 10.2. The lowest BCUT2D eigenvalue weighted by molar-refractivity contribution is -0.134. The lowest BCUT2D eigenvalue weighted by Gasteiger charge is -2.36.